The van der Waals surface area contributed by atoms with Gasteiger partial charge in [-0.2, -0.15) is 0 Å². The molecular weight excluding hydrogens is 302 g/mol. The van der Waals surface area contributed by atoms with Gasteiger partial charge in [-0.05, 0) is 57.8 Å². The number of rotatable bonds is 5. The molecule has 0 radical (unpaired) electrons. The molecule has 0 aromatic heterocycles. The molecule has 1 heterocycles. The number of carbonyl (C=O) groups excluding carboxylic acids is 2. The molecule has 1 aliphatic heterocycles. The van der Waals surface area contributed by atoms with Crippen LogP contribution in [0.2, 0.25) is 0 Å². The average molecular weight is 331 g/mol. The molecule has 5 heteroatoms. The first-order valence-electron chi connectivity index (χ1n) is 8.72. The molecule has 5 nitrogen and oxygen atoms in total. The molecule has 1 N–H and O–H groups in total. The number of likely N-dealkylation sites (N-methyl/N-ethyl adjacent to an activating group) is 1. The number of nitrogens with zero attached hydrogens (tertiary/aromatic N) is 2. The summed E-state index contributed by atoms with van der Waals surface area (Å²) in [7, 11) is 1.69. The van der Waals surface area contributed by atoms with Gasteiger partial charge >= 0.3 is 0 Å². The van der Waals surface area contributed by atoms with Gasteiger partial charge in [0.2, 0.25) is 11.8 Å². The largest absolute Gasteiger partial charge is 0.335 e. The van der Waals surface area contributed by atoms with Crippen LogP contribution in [-0.4, -0.2) is 54.3 Å². The number of hydrogen-bond donors (Lipinski definition) is 1. The highest BCUT2D eigenvalue weighted by molar-refractivity contribution is 5.95. The minimum absolute atomic E-state index is 0.00334. The summed E-state index contributed by atoms with van der Waals surface area (Å²) in [5.74, 6) is 0.569. The van der Waals surface area contributed by atoms with Gasteiger partial charge in [0, 0.05) is 12.7 Å². The average Bonchev–Trinajstić information content (AvgIpc) is 2.56. The molecule has 24 heavy (non-hydrogen) atoms. The van der Waals surface area contributed by atoms with Gasteiger partial charge in [-0.1, -0.05) is 24.6 Å². The monoisotopic (exact) mass is 331 g/mol. The Kier molecular flexibility index (Phi) is 6.37. The van der Waals surface area contributed by atoms with E-state index in [1.807, 2.05) is 38.1 Å². The van der Waals surface area contributed by atoms with Crippen molar-refractivity contribution in [3.05, 3.63) is 29.8 Å². The number of hydrogen-bond acceptors (Lipinski definition) is 3. The number of aryl methyl sites for hydroxylation is 1. The Bertz CT molecular complexity index is 562. The van der Waals surface area contributed by atoms with E-state index < -0.39 is 0 Å². The summed E-state index contributed by atoms with van der Waals surface area (Å²) in [4.78, 5) is 28.4. The summed E-state index contributed by atoms with van der Waals surface area (Å²) in [6.07, 6.45) is 2.27. The van der Waals surface area contributed by atoms with E-state index in [1.54, 1.807) is 7.05 Å². The van der Waals surface area contributed by atoms with E-state index in [-0.39, 0.29) is 24.4 Å². The van der Waals surface area contributed by atoms with Crippen molar-refractivity contribution in [2.45, 2.75) is 39.7 Å². The molecule has 0 saturated carbocycles. The zero-order chi connectivity index (χ0) is 17.7. The zero-order valence-electron chi connectivity index (χ0n) is 15.2. The first-order chi connectivity index (χ1) is 11.4. The predicted octanol–water partition coefficient (Wildman–Crippen LogP) is 2.51. The van der Waals surface area contributed by atoms with E-state index in [0.29, 0.717) is 0 Å². The number of nitrogens with one attached hydrogen (secondary N) is 1. The van der Waals surface area contributed by atoms with E-state index in [1.165, 1.54) is 4.90 Å². The van der Waals surface area contributed by atoms with E-state index in [9.17, 15) is 9.59 Å². The van der Waals surface area contributed by atoms with Crippen molar-refractivity contribution in [1.82, 2.24) is 9.80 Å². The van der Waals surface area contributed by atoms with Gasteiger partial charge < -0.3 is 10.2 Å². The fourth-order valence-electron chi connectivity index (χ4n) is 3.02. The van der Waals surface area contributed by atoms with E-state index in [2.05, 4.69) is 17.1 Å². The maximum Gasteiger partial charge on any atom is 0.243 e. The summed E-state index contributed by atoms with van der Waals surface area (Å²) in [6.45, 7) is 8.18. The first kappa shape index (κ1) is 18.5. The molecule has 2 amide bonds. The quantitative estimate of drug-likeness (QED) is 0.902. The predicted molar refractivity (Wildman–Crippen MR) is 96.9 cm³/mol. The Morgan fingerprint density at radius 1 is 1.25 bits per heavy atom. The highest BCUT2D eigenvalue weighted by Crippen LogP contribution is 2.18. The third-order valence-corrected chi connectivity index (χ3v) is 4.82. The van der Waals surface area contributed by atoms with E-state index in [0.717, 1.165) is 43.1 Å². The summed E-state index contributed by atoms with van der Waals surface area (Å²) in [5, 5.41) is 2.83. The highest BCUT2D eigenvalue weighted by atomic mass is 16.2. The number of piperidine rings is 1. The molecule has 1 aromatic carbocycles. The minimum Gasteiger partial charge on any atom is -0.335 e. The van der Waals surface area contributed by atoms with Crippen LogP contribution >= 0.6 is 0 Å². The second kappa shape index (κ2) is 8.29. The van der Waals surface area contributed by atoms with Crippen LogP contribution in [0.5, 0.6) is 0 Å². The number of amides is 2. The topological polar surface area (TPSA) is 52.7 Å². The third-order valence-electron chi connectivity index (χ3n) is 4.82. The van der Waals surface area contributed by atoms with Crippen LogP contribution < -0.4 is 5.32 Å². The Morgan fingerprint density at radius 3 is 2.42 bits per heavy atom. The van der Waals surface area contributed by atoms with E-state index >= 15 is 0 Å². The normalized spacial score (nSPS) is 17.3. The summed E-state index contributed by atoms with van der Waals surface area (Å²) in [6, 6.07) is 7.46. The second-order valence-corrected chi connectivity index (χ2v) is 7.00. The maximum atomic E-state index is 12.6. The van der Waals surface area contributed by atoms with Gasteiger partial charge in [0.1, 0.15) is 0 Å². The lowest BCUT2D eigenvalue weighted by molar-refractivity contribution is -0.138. The SMILES string of the molecule is Cc1ccc(NC(=O)CN(C)C(=O)[C@H](C)N2CCC(C)CC2)cc1. The summed E-state index contributed by atoms with van der Waals surface area (Å²) < 4.78 is 0. The Morgan fingerprint density at radius 2 is 1.83 bits per heavy atom. The lowest BCUT2D eigenvalue weighted by atomic mass is 9.98. The lowest BCUT2D eigenvalue weighted by Gasteiger charge is -2.35. The van der Waals surface area contributed by atoms with Crippen LogP contribution in [0.25, 0.3) is 0 Å². The van der Waals surface area contributed by atoms with Gasteiger partial charge in [0.05, 0.1) is 12.6 Å². The molecule has 0 aliphatic carbocycles. The van der Waals surface area contributed by atoms with Crippen molar-refractivity contribution in [3.63, 3.8) is 0 Å². The molecule has 0 bridgehead atoms. The molecule has 132 valence electrons. The number of benzene rings is 1. The van der Waals surface area contributed by atoms with Crippen LogP contribution in [0.3, 0.4) is 0 Å². The van der Waals surface area contributed by atoms with Crippen LogP contribution in [0.15, 0.2) is 24.3 Å². The van der Waals surface area contributed by atoms with Gasteiger partial charge in [0.15, 0.2) is 0 Å². The van der Waals surface area contributed by atoms with Gasteiger partial charge in [-0.25, -0.2) is 0 Å². The van der Waals surface area contributed by atoms with Crippen LogP contribution in [0.1, 0.15) is 32.3 Å². The maximum absolute atomic E-state index is 12.6. The molecular formula is C19H29N3O2. The van der Waals surface area contributed by atoms with Gasteiger partial charge in [-0.15, -0.1) is 0 Å². The molecule has 0 spiro atoms. The molecule has 1 atom stereocenters. The van der Waals surface area contributed by atoms with Crippen molar-refractivity contribution in [1.29, 1.82) is 0 Å². The van der Waals surface area contributed by atoms with Crippen molar-refractivity contribution in [2.24, 2.45) is 5.92 Å². The third kappa shape index (κ3) is 5.06. The minimum atomic E-state index is -0.172. The van der Waals surface area contributed by atoms with Crippen molar-refractivity contribution in [3.8, 4) is 0 Å². The van der Waals surface area contributed by atoms with Crippen molar-refractivity contribution >= 4 is 17.5 Å². The van der Waals surface area contributed by atoms with Crippen LogP contribution in [0.4, 0.5) is 5.69 Å². The van der Waals surface area contributed by atoms with Crippen molar-refractivity contribution in [2.75, 3.05) is 32.0 Å². The van der Waals surface area contributed by atoms with Crippen molar-refractivity contribution < 1.29 is 9.59 Å². The molecule has 1 saturated heterocycles. The lowest BCUT2D eigenvalue weighted by Crippen LogP contribution is -2.49. The molecule has 0 unspecified atom stereocenters. The zero-order valence-corrected chi connectivity index (χ0v) is 15.2. The molecule has 1 aromatic rings. The Balaban J connectivity index is 1.83. The smallest absolute Gasteiger partial charge is 0.243 e. The summed E-state index contributed by atoms with van der Waals surface area (Å²) in [5.41, 5.74) is 1.90. The number of anilines is 1. The van der Waals surface area contributed by atoms with Crippen LogP contribution in [-0.2, 0) is 9.59 Å². The number of likely N-dealkylation sites (tertiary alicyclic amines) is 1. The standard InChI is InChI=1S/C19H29N3O2/c1-14-5-7-17(8-6-14)20-18(23)13-21(4)19(24)16(3)22-11-9-15(2)10-12-22/h5-8,15-16H,9-13H2,1-4H3,(H,20,23)/t16-/m0/s1. The van der Waals surface area contributed by atoms with Crippen LogP contribution in [0, 0.1) is 12.8 Å². The summed E-state index contributed by atoms with van der Waals surface area (Å²) >= 11 is 0. The second-order valence-electron chi connectivity index (χ2n) is 7.00. The molecule has 1 aliphatic rings. The molecule has 2 rings (SSSR count). The first-order valence-corrected chi connectivity index (χ1v) is 8.72. The number of carbonyl (C=O) groups is 2. The Labute approximate surface area is 145 Å². The van der Waals surface area contributed by atoms with Gasteiger partial charge in [-0.3, -0.25) is 14.5 Å². The Hall–Kier alpha value is -1.88. The molecule has 1 fully saturated rings. The fourth-order valence-corrected chi connectivity index (χ4v) is 3.02. The van der Waals surface area contributed by atoms with Gasteiger partial charge in [0.25, 0.3) is 0 Å². The van der Waals surface area contributed by atoms with E-state index in [4.69, 9.17) is 0 Å². The fraction of sp³-hybridized carbons (Fsp3) is 0.579. The highest BCUT2D eigenvalue weighted by Gasteiger charge is 2.27.